The fraction of sp³-hybridized carbons (Fsp3) is 0.250. The number of hydrogen-bond acceptors (Lipinski definition) is 1. The van der Waals surface area contributed by atoms with Gasteiger partial charge in [0.1, 0.15) is 0 Å². The fourth-order valence-corrected chi connectivity index (χ4v) is 1.90. The molecule has 0 aliphatic rings. The highest BCUT2D eigenvalue weighted by Gasteiger charge is 2.15. The summed E-state index contributed by atoms with van der Waals surface area (Å²) in [6, 6.07) is 16.5. The van der Waals surface area contributed by atoms with Crippen LogP contribution in [0, 0.1) is 6.92 Å². The highest BCUT2D eigenvalue weighted by atomic mass is 16.3. The Morgan fingerprint density at radius 3 is 2.06 bits per heavy atom. The highest BCUT2D eigenvalue weighted by Crippen LogP contribution is 2.26. The largest absolute Gasteiger partial charge is 0.386 e. The third-order valence-corrected chi connectivity index (χ3v) is 2.92. The summed E-state index contributed by atoms with van der Waals surface area (Å²) in [5.74, 6) is 0. The Bertz CT molecular complexity index is 521. The molecule has 2 rings (SSSR count). The van der Waals surface area contributed by atoms with Crippen LogP contribution >= 0.6 is 0 Å². The van der Waals surface area contributed by atoms with E-state index in [1.54, 1.807) is 0 Å². The Labute approximate surface area is 103 Å². The van der Waals surface area contributed by atoms with E-state index in [2.05, 4.69) is 43.3 Å². The van der Waals surface area contributed by atoms with Gasteiger partial charge in [0.15, 0.2) is 0 Å². The van der Waals surface area contributed by atoms with Gasteiger partial charge in [-0.15, -0.1) is 0 Å². The summed E-state index contributed by atoms with van der Waals surface area (Å²) in [4.78, 5) is 0. The average Bonchev–Trinajstić information content (AvgIpc) is 2.28. The summed E-state index contributed by atoms with van der Waals surface area (Å²) in [5.41, 5.74) is 3.73. The van der Waals surface area contributed by atoms with Gasteiger partial charge in [0.2, 0.25) is 0 Å². The molecule has 0 aliphatic heterocycles. The van der Waals surface area contributed by atoms with Crippen LogP contribution in [-0.4, -0.2) is 5.11 Å². The maximum atomic E-state index is 10.0. The summed E-state index contributed by atoms with van der Waals surface area (Å²) >= 11 is 0. The monoisotopic (exact) mass is 226 g/mol. The second kappa shape index (κ2) is 4.34. The lowest BCUT2D eigenvalue weighted by Gasteiger charge is -2.18. The van der Waals surface area contributed by atoms with Gasteiger partial charge in [-0.1, -0.05) is 48.0 Å². The molecular weight excluding hydrogens is 208 g/mol. The minimum atomic E-state index is -0.792. The predicted octanol–water partition coefficient (Wildman–Crippen LogP) is 3.89. The highest BCUT2D eigenvalue weighted by molar-refractivity contribution is 5.65. The van der Waals surface area contributed by atoms with Crippen LogP contribution in [0.15, 0.2) is 48.5 Å². The summed E-state index contributed by atoms with van der Waals surface area (Å²) in [7, 11) is 0. The number of rotatable bonds is 2. The van der Waals surface area contributed by atoms with Gasteiger partial charge in [0.05, 0.1) is 5.60 Å². The third-order valence-electron chi connectivity index (χ3n) is 2.92. The minimum absolute atomic E-state index is 0.792. The first-order valence-corrected chi connectivity index (χ1v) is 5.87. The predicted molar refractivity (Wildman–Crippen MR) is 71.9 cm³/mol. The van der Waals surface area contributed by atoms with Crippen molar-refractivity contribution in [1.82, 2.24) is 0 Å². The first-order valence-electron chi connectivity index (χ1n) is 5.87. The molecule has 2 aromatic rings. The number of aryl methyl sites for hydroxylation is 1. The van der Waals surface area contributed by atoms with E-state index in [4.69, 9.17) is 0 Å². The Balaban J connectivity index is 2.47. The van der Waals surface area contributed by atoms with Gasteiger partial charge in [-0.3, -0.25) is 0 Å². The third kappa shape index (κ3) is 2.75. The zero-order valence-electron chi connectivity index (χ0n) is 10.6. The molecule has 0 spiro atoms. The molecule has 0 aliphatic carbocycles. The maximum absolute atomic E-state index is 10.0. The zero-order valence-corrected chi connectivity index (χ0v) is 10.6. The molecule has 0 bridgehead atoms. The molecule has 0 saturated carbocycles. The van der Waals surface area contributed by atoms with Crippen LogP contribution < -0.4 is 0 Å². The van der Waals surface area contributed by atoms with Crippen molar-refractivity contribution >= 4 is 0 Å². The molecule has 0 radical (unpaired) electrons. The van der Waals surface area contributed by atoms with E-state index in [0.29, 0.717) is 0 Å². The van der Waals surface area contributed by atoms with Crippen molar-refractivity contribution < 1.29 is 5.11 Å². The Kier molecular flexibility index (Phi) is 3.03. The van der Waals surface area contributed by atoms with Gasteiger partial charge in [-0.05, 0) is 43.5 Å². The van der Waals surface area contributed by atoms with Crippen LogP contribution in [0.4, 0.5) is 0 Å². The first-order chi connectivity index (χ1) is 7.97. The number of benzene rings is 2. The van der Waals surface area contributed by atoms with Gasteiger partial charge in [0.25, 0.3) is 0 Å². The summed E-state index contributed by atoms with van der Waals surface area (Å²) in [6.45, 7) is 5.70. The zero-order chi connectivity index (χ0) is 12.5. The Morgan fingerprint density at radius 2 is 1.47 bits per heavy atom. The van der Waals surface area contributed by atoms with Gasteiger partial charge in [-0.25, -0.2) is 0 Å². The molecule has 0 amide bonds. The lowest BCUT2D eigenvalue weighted by Crippen LogP contribution is -2.15. The van der Waals surface area contributed by atoms with Gasteiger partial charge in [-0.2, -0.15) is 0 Å². The Morgan fingerprint density at radius 1 is 0.882 bits per heavy atom. The lowest BCUT2D eigenvalue weighted by atomic mass is 9.94. The first kappa shape index (κ1) is 11.9. The van der Waals surface area contributed by atoms with Crippen molar-refractivity contribution in [2.24, 2.45) is 0 Å². The van der Waals surface area contributed by atoms with Gasteiger partial charge in [0, 0.05) is 0 Å². The standard InChI is InChI=1S/C16H18O/c1-12-6-4-7-13(10-12)14-8-5-9-15(11-14)16(2,3)17/h4-11,17H,1-3H3. The van der Waals surface area contributed by atoms with Crippen molar-refractivity contribution in [2.75, 3.05) is 0 Å². The van der Waals surface area contributed by atoms with E-state index >= 15 is 0 Å². The van der Waals surface area contributed by atoms with E-state index in [9.17, 15) is 5.11 Å². The molecule has 0 unspecified atom stereocenters. The van der Waals surface area contributed by atoms with Crippen LogP contribution in [0.5, 0.6) is 0 Å². The molecule has 2 aromatic carbocycles. The van der Waals surface area contributed by atoms with Crippen LogP contribution in [0.2, 0.25) is 0 Å². The Hall–Kier alpha value is -1.60. The summed E-state index contributed by atoms with van der Waals surface area (Å²) < 4.78 is 0. The van der Waals surface area contributed by atoms with Crippen molar-refractivity contribution in [1.29, 1.82) is 0 Å². The van der Waals surface area contributed by atoms with Crippen molar-refractivity contribution in [3.8, 4) is 11.1 Å². The van der Waals surface area contributed by atoms with Gasteiger partial charge >= 0.3 is 0 Å². The van der Waals surface area contributed by atoms with Crippen LogP contribution in [0.1, 0.15) is 25.0 Å². The molecule has 0 saturated heterocycles. The van der Waals surface area contributed by atoms with Crippen LogP contribution in [0.3, 0.4) is 0 Å². The SMILES string of the molecule is Cc1cccc(-c2cccc(C(C)(C)O)c2)c1. The van der Waals surface area contributed by atoms with Crippen LogP contribution in [-0.2, 0) is 5.60 Å². The molecule has 17 heavy (non-hydrogen) atoms. The molecule has 1 nitrogen and oxygen atoms in total. The minimum Gasteiger partial charge on any atom is -0.386 e. The molecule has 0 aromatic heterocycles. The number of aliphatic hydroxyl groups is 1. The van der Waals surface area contributed by atoms with E-state index in [0.717, 1.165) is 11.1 Å². The molecule has 0 atom stereocenters. The normalized spacial score (nSPS) is 11.5. The van der Waals surface area contributed by atoms with Crippen LogP contribution in [0.25, 0.3) is 11.1 Å². The molecule has 0 fully saturated rings. The van der Waals surface area contributed by atoms with E-state index in [1.165, 1.54) is 11.1 Å². The van der Waals surface area contributed by atoms with E-state index < -0.39 is 5.60 Å². The van der Waals surface area contributed by atoms with Crippen molar-refractivity contribution in [3.63, 3.8) is 0 Å². The molecule has 1 N–H and O–H groups in total. The fourth-order valence-electron chi connectivity index (χ4n) is 1.90. The smallest absolute Gasteiger partial charge is 0.0840 e. The summed E-state index contributed by atoms with van der Waals surface area (Å²) in [6.07, 6.45) is 0. The quantitative estimate of drug-likeness (QED) is 0.823. The molecule has 0 heterocycles. The molecule has 88 valence electrons. The van der Waals surface area contributed by atoms with E-state index in [1.807, 2.05) is 26.0 Å². The van der Waals surface area contributed by atoms with Crippen molar-refractivity contribution in [3.05, 3.63) is 59.7 Å². The second-order valence-corrected chi connectivity index (χ2v) is 5.01. The topological polar surface area (TPSA) is 20.2 Å². The van der Waals surface area contributed by atoms with E-state index in [-0.39, 0.29) is 0 Å². The van der Waals surface area contributed by atoms with Gasteiger partial charge < -0.3 is 5.11 Å². The molecular formula is C16H18O. The van der Waals surface area contributed by atoms with Crippen molar-refractivity contribution in [2.45, 2.75) is 26.4 Å². The maximum Gasteiger partial charge on any atom is 0.0840 e. The lowest BCUT2D eigenvalue weighted by molar-refractivity contribution is 0.0786. The summed E-state index contributed by atoms with van der Waals surface area (Å²) in [5, 5.41) is 10.0. The molecule has 1 heteroatoms. The number of hydrogen-bond donors (Lipinski definition) is 1. The average molecular weight is 226 g/mol. The second-order valence-electron chi connectivity index (χ2n) is 5.01.